The molecule has 5 aromatic carbocycles. The molecule has 0 aliphatic heterocycles. The monoisotopic (exact) mass is 444 g/mol. The normalized spacial score (nSPS) is 12.0. The number of hydrogen-bond acceptors (Lipinski definition) is 1. The van der Waals surface area contributed by atoms with E-state index in [9.17, 15) is 0 Å². The Labute approximate surface area is 202 Å². The number of benzene rings is 5. The zero-order valence-corrected chi connectivity index (χ0v) is 18.9. The van der Waals surface area contributed by atoms with Crippen LogP contribution in [0, 0.1) is 0 Å². The van der Waals surface area contributed by atoms with Gasteiger partial charge >= 0.3 is 0 Å². The Morgan fingerprint density at radius 1 is 0.514 bits per heavy atom. The highest BCUT2D eigenvalue weighted by molar-refractivity contribution is 6.16. The first-order valence-corrected chi connectivity index (χ1v) is 12.0. The molecule has 0 saturated heterocycles. The van der Waals surface area contributed by atoms with Gasteiger partial charge in [0.25, 0.3) is 0 Å². The molecule has 0 N–H and O–H groups in total. The summed E-state index contributed by atoms with van der Waals surface area (Å²) in [7, 11) is 0. The summed E-state index contributed by atoms with van der Waals surface area (Å²) in [6.07, 6.45) is 1.89. The number of hydrogen-bond donors (Lipinski definition) is 0. The van der Waals surface area contributed by atoms with Crippen LogP contribution in [0.5, 0.6) is 0 Å². The quantitative estimate of drug-likeness (QED) is 0.261. The van der Waals surface area contributed by atoms with Crippen LogP contribution >= 0.6 is 0 Å². The number of fused-ring (bicyclic) bond motifs is 6. The number of para-hydroxylation sites is 1. The molecular weight excluding hydrogens is 424 g/mol. The van der Waals surface area contributed by atoms with Gasteiger partial charge in [0.2, 0.25) is 0 Å². The molecule has 2 aromatic heterocycles. The number of pyridine rings is 1. The molecule has 1 aliphatic carbocycles. The predicted molar refractivity (Wildman–Crippen MR) is 146 cm³/mol. The average Bonchev–Trinajstić information content (AvgIpc) is 3.43. The van der Waals surface area contributed by atoms with Crippen LogP contribution < -0.4 is 0 Å². The van der Waals surface area contributed by atoms with Crippen molar-refractivity contribution in [3.05, 3.63) is 121 Å². The van der Waals surface area contributed by atoms with Crippen LogP contribution in [-0.4, -0.2) is 9.55 Å². The van der Waals surface area contributed by atoms with Crippen molar-refractivity contribution in [2.45, 2.75) is 0 Å². The van der Waals surface area contributed by atoms with Crippen molar-refractivity contribution in [3.8, 4) is 39.2 Å². The minimum atomic E-state index is 1.08. The molecule has 0 atom stereocenters. The van der Waals surface area contributed by atoms with E-state index in [4.69, 9.17) is 4.98 Å². The predicted octanol–water partition coefficient (Wildman–Crippen LogP) is 8.65. The van der Waals surface area contributed by atoms with E-state index < -0.39 is 0 Å². The lowest BCUT2D eigenvalue weighted by Gasteiger charge is -2.12. The lowest BCUT2D eigenvalue weighted by atomic mass is 10.0. The SMILES string of the molecule is c1ccc(-c2ccc3c(c2)c2ccccc2n3-c2cc3c4c(cccc4c2)-c2ncccc2-3)cc1. The Morgan fingerprint density at radius 3 is 2.29 bits per heavy atom. The maximum absolute atomic E-state index is 4.72. The van der Waals surface area contributed by atoms with E-state index in [1.807, 2.05) is 12.3 Å². The van der Waals surface area contributed by atoms with E-state index in [1.165, 1.54) is 66.1 Å². The van der Waals surface area contributed by atoms with Crippen LogP contribution in [0.1, 0.15) is 0 Å². The summed E-state index contributed by atoms with van der Waals surface area (Å²) in [4.78, 5) is 4.72. The van der Waals surface area contributed by atoms with Gasteiger partial charge in [-0.15, -0.1) is 0 Å². The molecule has 35 heavy (non-hydrogen) atoms. The molecule has 0 unspecified atom stereocenters. The molecule has 1 aliphatic rings. The van der Waals surface area contributed by atoms with Gasteiger partial charge in [-0.2, -0.15) is 0 Å². The van der Waals surface area contributed by atoms with Crippen LogP contribution in [0.15, 0.2) is 121 Å². The van der Waals surface area contributed by atoms with Crippen molar-refractivity contribution < 1.29 is 0 Å². The van der Waals surface area contributed by atoms with Crippen LogP contribution in [0.2, 0.25) is 0 Å². The van der Waals surface area contributed by atoms with Crippen molar-refractivity contribution in [1.29, 1.82) is 0 Å². The van der Waals surface area contributed by atoms with Gasteiger partial charge in [0.1, 0.15) is 0 Å². The molecule has 162 valence electrons. The maximum atomic E-state index is 4.72. The second-order valence-electron chi connectivity index (χ2n) is 9.25. The van der Waals surface area contributed by atoms with Crippen molar-refractivity contribution in [3.63, 3.8) is 0 Å². The Morgan fingerprint density at radius 2 is 1.34 bits per heavy atom. The Hall–Kier alpha value is -4.69. The molecule has 2 heteroatoms. The van der Waals surface area contributed by atoms with Gasteiger partial charge in [-0.25, -0.2) is 0 Å². The van der Waals surface area contributed by atoms with Crippen LogP contribution in [0.4, 0.5) is 0 Å². The molecule has 0 bridgehead atoms. The van der Waals surface area contributed by atoms with Crippen LogP contribution in [0.25, 0.3) is 71.8 Å². The third kappa shape index (κ3) is 2.57. The zero-order chi connectivity index (χ0) is 22.9. The number of rotatable bonds is 2. The first-order valence-electron chi connectivity index (χ1n) is 12.0. The van der Waals surface area contributed by atoms with Gasteiger partial charge in [-0.1, -0.05) is 78.9 Å². The fourth-order valence-corrected chi connectivity index (χ4v) is 5.85. The lowest BCUT2D eigenvalue weighted by Crippen LogP contribution is -1.94. The Kier molecular flexibility index (Phi) is 3.69. The van der Waals surface area contributed by atoms with Gasteiger partial charge in [0, 0.05) is 33.8 Å². The second kappa shape index (κ2) is 6.91. The molecule has 0 saturated carbocycles. The van der Waals surface area contributed by atoms with Gasteiger partial charge in [0.15, 0.2) is 0 Å². The third-order valence-electron chi connectivity index (χ3n) is 7.35. The van der Waals surface area contributed by atoms with Gasteiger partial charge in [-0.05, 0) is 63.9 Å². The van der Waals surface area contributed by atoms with Gasteiger partial charge in [-0.3, -0.25) is 4.98 Å². The molecule has 0 amide bonds. The Bertz CT molecular complexity index is 1940. The van der Waals surface area contributed by atoms with Crippen molar-refractivity contribution in [2.75, 3.05) is 0 Å². The fraction of sp³-hybridized carbons (Fsp3) is 0. The topological polar surface area (TPSA) is 17.8 Å². The first kappa shape index (κ1) is 18.7. The van der Waals surface area contributed by atoms with E-state index in [0.717, 1.165) is 5.69 Å². The molecular formula is C33H20N2. The smallest absolute Gasteiger partial charge is 0.0786 e. The molecule has 2 heterocycles. The van der Waals surface area contributed by atoms with E-state index in [-0.39, 0.29) is 0 Å². The number of aromatic nitrogens is 2. The summed E-state index contributed by atoms with van der Waals surface area (Å²) in [5.74, 6) is 0. The summed E-state index contributed by atoms with van der Waals surface area (Å²) in [6, 6.07) is 41.6. The largest absolute Gasteiger partial charge is 0.309 e. The van der Waals surface area contributed by atoms with Gasteiger partial charge in [0.05, 0.1) is 16.7 Å². The Balaban J connectivity index is 1.45. The fourth-order valence-electron chi connectivity index (χ4n) is 5.85. The zero-order valence-electron chi connectivity index (χ0n) is 18.9. The minimum absolute atomic E-state index is 1.08. The molecule has 0 fully saturated rings. The molecule has 0 radical (unpaired) electrons. The van der Waals surface area contributed by atoms with Gasteiger partial charge < -0.3 is 4.57 Å². The third-order valence-corrected chi connectivity index (χ3v) is 7.35. The van der Waals surface area contributed by atoms with E-state index in [0.29, 0.717) is 0 Å². The average molecular weight is 445 g/mol. The molecule has 0 spiro atoms. The van der Waals surface area contributed by atoms with Crippen molar-refractivity contribution in [1.82, 2.24) is 9.55 Å². The molecule has 2 nitrogen and oxygen atoms in total. The summed E-state index contributed by atoms with van der Waals surface area (Å²) in [5.41, 5.74) is 10.9. The summed E-state index contributed by atoms with van der Waals surface area (Å²) < 4.78 is 2.41. The minimum Gasteiger partial charge on any atom is -0.309 e. The van der Waals surface area contributed by atoms with Crippen molar-refractivity contribution >= 4 is 32.6 Å². The first-order chi connectivity index (χ1) is 17.4. The van der Waals surface area contributed by atoms with E-state index in [2.05, 4.69) is 114 Å². The van der Waals surface area contributed by atoms with E-state index >= 15 is 0 Å². The highest BCUT2D eigenvalue weighted by atomic mass is 15.0. The van der Waals surface area contributed by atoms with E-state index in [1.54, 1.807) is 0 Å². The van der Waals surface area contributed by atoms with Crippen LogP contribution in [0.3, 0.4) is 0 Å². The number of nitrogens with zero attached hydrogens (tertiary/aromatic N) is 2. The summed E-state index contributed by atoms with van der Waals surface area (Å²) in [5, 5.41) is 5.10. The second-order valence-corrected chi connectivity index (χ2v) is 9.25. The standard InChI is InChI=1S/C33H20N2/c1-2-8-21(9-3-1)22-15-16-31-28(19-22)25-11-4-5-14-30(25)35(31)24-18-23-10-6-12-27-32(23)29(20-24)26-13-7-17-34-33(26)27/h1-20H. The van der Waals surface area contributed by atoms with Crippen molar-refractivity contribution in [2.24, 2.45) is 0 Å². The maximum Gasteiger partial charge on any atom is 0.0786 e. The summed E-state index contributed by atoms with van der Waals surface area (Å²) >= 11 is 0. The van der Waals surface area contributed by atoms with Crippen LogP contribution in [-0.2, 0) is 0 Å². The molecule has 7 aromatic rings. The summed E-state index contributed by atoms with van der Waals surface area (Å²) in [6.45, 7) is 0. The highest BCUT2D eigenvalue weighted by Gasteiger charge is 2.23. The highest BCUT2D eigenvalue weighted by Crippen LogP contribution is 2.47. The molecule has 8 rings (SSSR count). The lowest BCUT2D eigenvalue weighted by molar-refractivity contribution is 1.19.